The zero-order chi connectivity index (χ0) is 14.0. The normalized spacial score (nSPS) is 17.2. The molecule has 5 heteroatoms. The molecule has 0 atom stereocenters. The molecule has 0 aliphatic heterocycles. The average molecular weight is 270 g/mol. The number of nitrogens with two attached hydrogens (primary N) is 1. The molecule has 0 spiro atoms. The number of nitrogens with one attached hydrogen (secondary N) is 1. The van der Waals surface area contributed by atoms with Gasteiger partial charge >= 0.3 is 0 Å². The van der Waals surface area contributed by atoms with Crippen molar-refractivity contribution in [3.05, 3.63) is 36.2 Å². The fraction of sp³-hybridized carbons (Fsp3) is 0.400. The van der Waals surface area contributed by atoms with Gasteiger partial charge in [0.05, 0.1) is 16.6 Å². The number of rotatable bonds is 3. The van der Waals surface area contributed by atoms with Gasteiger partial charge in [-0.1, -0.05) is 12.8 Å². The third-order valence-corrected chi connectivity index (χ3v) is 4.06. The molecule has 104 valence electrons. The van der Waals surface area contributed by atoms with Crippen molar-refractivity contribution in [2.24, 2.45) is 5.73 Å². The number of aromatic nitrogens is 2. The van der Waals surface area contributed by atoms with Gasteiger partial charge in [0.2, 0.25) is 0 Å². The molecular weight excluding hydrogens is 252 g/mol. The van der Waals surface area contributed by atoms with Crippen molar-refractivity contribution in [3.63, 3.8) is 0 Å². The Hall–Kier alpha value is -2.01. The first-order chi connectivity index (χ1) is 9.72. The molecule has 1 amide bonds. The van der Waals surface area contributed by atoms with E-state index >= 15 is 0 Å². The predicted octanol–water partition coefficient (Wildman–Crippen LogP) is 1.63. The molecule has 0 radical (unpaired) electrons. The van der Waals surface area contributed by atoms with E-state index in [2.05, 4.69) is 15.3 Å². The third-order valence-electron chi connectivity index (χ3n) is 4.06. The Morgan fingerprint density at radius 2 is 1.90 bits per heavy atom. The summed E-state index contributed by atoms with van der Waals surface area (Å²) in [6.45, 7) is 0.492. The van der Waals surface area contributed by atoms with Gasteiger partial charge < -0.3 is 11.1 Å². The minimum absolute atomic E-state index is 0.0788. The molecular formula is C15H18N4O. The molecule has 20 heavy (non-hydrogen) atoms. The van der Waals surface area contributed by atoms with Gasteiger partial charge in [-0.25, -0.2) is 0 Å². The van der Waals surface area contributed by atoms with Gasteiger partial charge in [0, 0.05) is 24.5 Å². The number of amides is 1. The van der Waals surface area contributed by atoms with E-state index in [4.69, 9.17) is 5.73 Å². The summed E-state index contributed by atoms with van der Waals surface area (Å²) < 4.78 is 0. The second kappa shape index (κ2) is 5.17. The molecule has 1 aliphatic carbocycles. The van der Waals surface area contributed by atoms with E-state index < -0.39 is 0 Å². The Morgan fingerprint density at radius 1 is 1.20 bits per heavy atom. The van der Waals surface area contributed by atoms with Crippen molar-refractivity contribution in [1.29, 1.82) is 0 Å². The summed E-state index contributed by atoms with van der Waals surface area (Å²) in [4.78, 5) is 20.8. The van der Waals surface area contributed by atoms with Crippen LogP contribution >= 0.6 is 0 Å². The fourth-order valence-electron chi connectivity index (χ4n) is 2.85. The third kappa shape index (κ3) is 2.36. The lowest BCUT2D eigenvalue weighted by atomic mass is 9.97. The van der Waals surface area contributed by atoms with Gasteiger partial charge in [0.1, 0.15) is 0 Å². The fourth-order valence-corrected chi connectivity index (χ4v) is 2.85. The smallest absolute Gasteiger partial charge is 0.251 e. The average Bonchev–Trinajstić information content (AvgIpc) is 2.96. The van der Waals surface area contributed by atoms with Crippen molar-refractivity contribution < 1.29 is 4.79 Å². The number of fused-ring (bicyclic) bond motifs is 1. The Balaban J connectivity index is 1.85. The molecule has 0 unspecified atom stereocenters. The van der Waals surface area contributed by atoms with Gasteiger partial charge in [0.15, 0.2) is 0 Å². The first kappa shape index (κ1) is 13.0. The number of hydrogen-bond donors (Lipinski definition) is 2. The highest BCUT2D eigenvalue weighted by molar-refractivity contribution is 5.97. The van der Waals surface area contributed by atoms with Crippen LogP contribution in [0, 0.1) is 0 Å². The van der Waals surface area contributed by atoms with E-state index in [1.807, 2.05) is 6.07 Å². The lowest BCUT2D eigenvalue weighted by Crippen LogP contribution is -2.51. The first-order valence-electron chi connectivity index (χ1n) is 6.96. The molecule has 3 N–H and O–H groups in total. The van der Waals surface area contributed by atoms with Gasteiger partial charge in [-0.05, 0) is 31.0 Å². The molecule has 3 rings (SSSR count). The van der Waals surface area contributed by atoms with Gasteiger partial charge in [-0.2, -0.15) is 0 Å². The van der Waals surface area contributed by atoms with E-state index in [9.17, 15) is 4.79 Å². The van der Waals surface area contributed by atoms with Crippen molar-refractivity contribution in [2.45, 2.75) is 31.2 Å². The van der Waals surface area contributed by atoms with Crippen LogP contribution in [0.25, 0.3) is 11.0 Å². The van der Waals surface area contributed by atoms with Gasteiger partial charge in [-0.15, -0.1) is 0 Å². The van der Waals surface area contributed by atoms with Crippen LogP contribution in [0.15, 0.2) is 30.6 Å². The topological polar surface area (TPSA) is 80.9 Å². The van der Waals surface area contributed by atoms with Crippen LogP contribution in [0.2, 0.25) is 0 Å². The zero-order valence-electron chi connectivity index (χ0n) is 11.3. The quantitative estimate of drug-likeness (QED) is 0.888. The standard InChI is InChI=1S/C15H18N4O/c16-10-15(5-1-2-6-15)19-14(20)11-3-4-12-13(9-11)18-8-7-17-12/h3-4,7-9H,1-2,5-6,10,16H2,(H,19,20). The maximum absolute atomic E-state index is 12.4. The van der Waals surface area contributed by atoms with E-state index in [1.54, 1.807) is 24.5 Å². The van der Waals surface area contributed by atoms with E-state index in [0.717, 1.165) is 36.7 Å². The van der Waals surface area contributed by atoms with Crippen LogP contribution in [0.1, 0.15) is 36.0 Å². The largest absolute Gasteiger partial charge is 0.345 e. The summed E-state index contributed by atoms with van der Waals surface area (Å²) in [5, 5.41) is 3.11. The number of carbonyl (C=O) groups excluding carboxylic acids is 1. The minimum atomic E-state index is -0.228. The molecule has 1 aromatic carbocycles. The second-order valence-corrected chi connectivity index (χ2v) is 5.41. The molecule has 1 aliphatic rings. The molecule has 5 nitrogen and oxygen atoms in total. The Bertz CT molecular complexity index is 635. The Kier molecular flexibility index (Phi) is 3.36. The molecule has 2 aromatic rings. The summed E-state index contributed by atoms with van der Waals surface area (Å²) in [5.41, 5.74) is 7.75. The van der Waals surface area contributed by atoms with Gasteiger partial charge in [0.25, 0.3) is 5.91 Å². The Morgan fingerprint density at radius 3 is 2.60 bits per heavy atom. The summed E-state index contributed by atoms with van der Waals surface area (Å²) in [7, 11) is 0. The molecule has 1 fully saturated rings. The van der Waals surface area contributed by atoms with Crippen LogP contribution in [0.5, 0.6) is 0 Å². The van der Waals surface area contributed by atoms with Crippen molar-refractivity contribution in [3.8, 4) is 0 Å². The number of carbonyl (C=O) groups is 1. The maximum atomic E-state index is 12.4. The number of hydrogen-bond acceptors (Lipinski definition) is 4. The summed E-state index contributed by atoms with van der Waals surface area (Å²) in [6, 6.07) is 5.38. The minimum Gasteiger partial charge on any atom is -0.345 e. The highest BCUT2D eigenvalue weighted by Gasteiger charge is 2.34. The van der Waals surface area contributed by atoms with Crippen LogP contribution in [-0.2, 0) is 0 Å². The van der Waals surface area contributed by atoms with E-state index in [-0.39, 0.29) is 11.4 Å². The molecule has 0 bridgehead atoms. The van der Waals surface area contributed by atoms with E-state index in [1.165, 1.54) is 0 Å². The van der Waals surface area contributed by atoms with Crippen molar-refractivity contribution in [1.82, 2.24) is 15.3 Å². The van der Waals surface area contributed by atoms with Crippen LogP contribution in [0.3, 0.4) is 0 Å². The van der Waals surface area contributed by atoms with Crippen molar-refractivity contribution in [2.75, 3.05) is 6.54 Å². The molecule has 1 saturated carbocycles. The summed E-state index contributed by atoms with van der Waals surface area (Å²) >= 11 is 0. The Labute approximate surface area is 117 Å². The molecule has 1 aromatic heterocycles. The lowest BCUT2D eigenvalue weighted by molar-refractivity contribution is 0.0903. The van der Waals surface area contributed by atoms with E-state index in [0.29, 0.717) is 12.1 Å². The van der Waals surface area contributed by atoms with Crippen molar-refractivity contribution >= 4 is 16.9 Å². The maximum Gasteiger partial charge on any atom is 0.251 e. The molecule has 0 saturated heterocycles. The second-order valence-electron chi connectivity index (χ2n) is 5.41. The summed E-state index contributed by atoms with van der Waals surface area (Å²) in [6.07, 6.45) is 7.44. The highest BCUT2D eigenvalue weighted by Crippen LogP contribution is 2.29. The lowest BCUT2D eigenvalue weighted by Gasteiger charge is -2.28. The molecule has 1 heterocycles. The highest BCUT2D eigenvalue weighted by atomic mass is 16.1. The first-order valence-corrected chi connectivity index (χ1v) is 6.96. The predicted molar refractivity (Wildman–Crippen MR) is 77.3 cm³/mol. The SMILES string of the molecule is NCC1(NC(=O)c2ccc3nccnc3c2)CCCC1. The van der Waals surface area contributed by atoms with Crippen LogP contribution in [0.4, 0.5) is 0 Å². The van der Waals surface area contributed by atoms with Crippen LogP contribution in [-0.4, -0.2) is 28.0 Å². The van der Waals surface area contributed by atoms with Crippen LogP contribution < -0.4 is 11.1 Å². The van der Waals surface area contributed by atoms with Gasteiger partial charge in [-0.3, -0.25) is 14.8 Å². The monoisotopic (exact) mass is 270 g/mol. The number of nitrogens with zero attached hydrogens (tertiary/aromatic N) is 2. The number of benzene rings is 1. The zero-order valence-corrected chi connectivity index (χ0v) is 11.3. The summed E-state index contributed by atoms with van der Waals surface area (Å²) in [5.74, 6) is -0.0788.